The summed E-state index contributed by atoms with van der Waals surface area (Å²) in [6, 6.07) is 2.47. The molecule has 0 radical (unpaired) electrons. The van der Waals surface area contributed by atoms with Crippen LogP contribution in [0.5, 0.6) is 11.5 Å². The lowest BCUT2D eigenvalue weighted by Gasteiger charge is -2.27. The van der Waals surface area contributed by atoms with Crippen LogP contribution >= 0.6 is 0 Å². The van der Waals surface area contributed by atoms with Crippen LogP contribution in [0.25, 0.3) is 0 Å². The molecule has 1 saturated heterocycles. The Bertz CT molecular complexity index is 468. The minimum Gasteiger partial charge on any atom is -0.497 e. The molecular formula is C14H18F3NO2. The van der Waals surface area contributed by atoms with E-state index in [1.165, 1.54) is 14.2 Å². The quantitative estimate of drug-likeness (QED) is 0.923. The van der Waals surface area contributed by atoms with Crippen molar-refractivity contribution in [1.29, 1.82) is 0 Å². The van der Waals surface area contributed by atoms with E-state index in [-0.39, 0.29) is 17.5 Å². The van der Waals surface area contributed by atoms with Crippen molar-refractivity contribution >= 4 is 0 Å². The molecule has 20 heavy (non-hydrogen) atoms. The smallest absolute Gasteiger partial charge is 0.420 e. The number of benzene rings is 1. The summed E-state index contributed by atoms with van der Waals surface area (Å²) < 4.78 is 49.5. The maximum absolute atomic E-state index is 13.1. The van der Waals surface area contributed by atoms with E-state index in [0.29, 0.717) is 5.56 Å². The number of methoxy groups -OCH3 is 2. The van der Waals surface area contributed by atoms with Crippen LogP contribution in [0.1, 0.15) is 36.4 Å². The molecule has 1 aromatic rings. The summed E-state index contributed by atoms with van der Waals surface area (Å²) in [5.41, 5.74) is -0.277. The maximum atomic E-state index is 13.1. The number of hydrogen-bond donors (Lipinski definition) is 1. The Morgan fingerprint density at radius 2 is 1.90 bits per heavy atom. The third kappa shape index (κ3) is 3.00. The van der Waals surface area contributed by atoms with Crippen LogP contribution in [-0.4, -0.2) is 20.8 Å². The molecule has 1 heterocycles. The van der Waals surface area contributed by atoms with E-state index in [0.717, 1.165) is 31.9 Å². The molecule has 112 valence electrons. The van der Waals surface area contributed by atoms with Crippen molar-refractivity contribution in [3.63, 3.8) is 0 Å². The standard InChI is InChI=1S/C14H18F3NO2/c1-19-9-7-10(12-5-3-4-6-18-12)13(20-2)11(8-9)14(15,16)17/h7-8,12,18H,3-6H2,1-2H3. The largest absolute Gasteiger partial charge is 0.497 e. The molecule has 6 heteroatoms. The van der Waals surface area contributed by atoms with Gasteiger partial charge >= 0.3 is 6.18 Å². The molecule has 3 nitrogen and oxygen atoms in total. The summed E-state index contributed by atoms with van der Waals surface area (Å²) in [6.07, 6.45) is -1.65. The lowest BCUT2D eigenvalue weighted by Crippen LogP contribution is -2.27. The fourth-order valence-electron chi connectivity index (χ4n) is 2.56. The van der Waals surface area contributed by atoms with Gasteiger partial charge in [0.25, 0.3) is 0 Å². The minimum absolute atomic E-state index is 0.113. The topological polar surface area (TPSA) is 30.5 Å². The number of piperidine rings is 1. The van der Waals surface area contributed by atoms with Gasteiger partial charge in [-0.15, -0.1) is 0 Å². The molecule has 1 fully saturated rings. The van der Waals surface area contributed by atoms with Crippen LogP contribution in [0.3, 0.4) is 0 Å². The molecule has 1 aromatic carbocycles. The molecule has 1 unspecified atom stereocenters. The molecule has 0 saturated carbocycles. The molecule has 2 rings (SSSR count). The van der Waals surface area contributed by atoms with Gasteiger partial charge in [0.1, 0.15) is 17.1 Å². The van der Waals surface area contributed by atoms with Crippen molar-refractivity contribution in [1.82, 2.24) is 5.32 Å². The van der Waals surface area contributed by atoms with Crippen LogP contribution in [0.4, 0.5) is 13.2 Å². The Balaban J connectivity index is 2.53. The highest BCUT2D eigenvalue weighted by Gasteiger charge is 2.37. The van der Waals surface area contributed by atoms with Gasteiger partial charge in [0.05, 0.1) is 14.2 Å². The van der Waals surface area contributed by atoms with Crippen molar-refractivity contribution in [3.8, 4) is 11.5 Å². The van der Waals surface area contributed by atoms with E-state index >= 15 is 0 Å². The highest BCUT2D eigenvalue weighted by molar-refractivity contribution is 5.50. The fraction of sp³-hybridized carbons (Fsp3) is 0.571. The van der Waals surface area contributed by atoms with Crippen LogP contribution in [0, 0.1) is 0 Å². The van der Waals surface area contributed by atoms with Gasteiger partial charge in [0, 0.05) is 11.6 Å². The number of rotatable bonds is 3. The monoisotopic (exact) mass is 289 g/mol. The Kier molecular flexibility index (Phi) is 4.42. The van der Waals surface area contributed by atoms with Crippen LogP contribution in [0.15, 0.2) is 12.1 Å². The van der Waals surface area contributed by atoms with Crippen molar-refractivity contribution < 1.29 is 22.6 Å². The second kappa shape index (κ2) is 5.91. The number of ether oxygens (including phenoxy) is 2. The summed E-state index contributed by atoms with van der Waals surface area (Å²) in [4.78, 5) is 0. The minimum atomic E-state index is -4.47. The maximum Gasteiger partial charge on any atom is 0.420 e. The summed E-state index contributed by atoms with van der Waals surface area (Å²) in [7, 11) is 2.63. The van der Waals surface area contributed by atoms with E-state index in [9.17, 15) is 13.2 Å². The number of nitrogens with one attached hydrogen (secondary N) is 1. The zero-order chi connectivity index (χ0) is 14.8. The third-order valence-electron chi connectivity index (χ3n) is 3.52. The van der Waals surface area contributed by atoms with E-state index < -0.39 is 11.7 Å². The molecule has 0 bridgehead atoms. The lowest BCUT2D eigenvalue weighted by atomic mass is 9.94. The van der Waals surface area contributed by atoms with Gasteiger partial charge in [0.2, 0.25) is 0 Å². The molecule has 1 aliphatic heterocycles. The molecule has 1 atom stereocenters. The predicted octanol–water partition coefficient (Wildman–Crippen LogP) is 3.54. The number of hydrogen-bond acceptors (Lipinski definition) is 3. The van der Waals surface area contributed by atoms with Gasteiger partial charge in [-0.2, -0.15) is 13.2 Å². The number of halogens is 3. The number of alkyl halides is 3. The molecule has 0 spiro atoms. The first-order valence-corrected chi connectivity index (χ1v) is 6.54. The summed E-state index contributed by atoms with van der Waals surface area (Å²) >= 11 is 0. The normalized spacial score (nSPS) is 19.8. The van der Waals surface area contributed by atoms with Gasteiger partial charge in [-0.05, 0) is 31.5 Å². The highest BCUT2D eigenvalue weighted by atomic mass is 19.4. The zero-order valence-corrected chi connectivity index (χ0v) is 11.5. The van der Waals surface area contributed by atoms with E-state index in [2.05, 4.69) is 5.32 Å². The Morgan fingerprint density at radius 3 is 2.40 bits per heavy atom. The Morgan fingerprint density at radius 1 is 1.15 bits per heavy atom. The van der Waals surface area contributed by atoms with Gasteiger partial charge in [-0.1, -0.05) is 6.42 Å². The van der Waals surface area contributed by atoms with Gasteiger partial charge in [-0.3, -0.25) is 0 Å². The molecule has 1 N–H and O–H groups in total. The Labute approximate surface area is 116 Å². The van der Waals surface area contributed by atoms with Crippen LogP contribution in [0.2, 0.25) is 0 Å². The fourth-order valence-corrected chi connectivity index (χ4v) is 2.56. The highest BCUT2D eigenvalue weighted by Crippen LogP contribution is 2.43. The van der Waals surface area contributed by atoms with Crippen molar-refractivity contribution in [3.05, 3.63) is 23.3 Å². The predicted molar refractivity (Wildman–Crippen MR) is 69.1 cm³/mol. The first-order valence-electron chi connectivity index (χ1n) is 6.54. The van der Waals surface area contributed by atoms with Gasteiger partial charge in [0.15, 0.2) is 0 Å². The van der Waals surface area contributed by atoms with E-state index in [1.54, 1.807) is 6.07 Å². The first kappa shape index (κ1) is 15.0. The molecular weight excluding hydrogens is 271 g/mol. The first-order chi connectivity index (χ1) is 9.47. The SMILES string of the molecule is COc1cc(C2CCCCN2)c(OC)c(C(F)(F)F)c1. The summed E-state index contributed by atoms with van der Waals surface area (Å²) in [5, 5.41) is 3.24. The van der Waals surface area contributed by atoms with Crippen LogP contribution in [-0.2, 0) is 6.18 Å². The zero-order valence-electron chi connectivity index (χ0n) is 11.5. The average Bonchev–Trinajstić information content (AvgIpc) is 2.45. The average molecular weight is 289 g/mol. The Hall–Kier alpha value is -1.43. The summed E-state index contributed by atoms with van der Waals surface area (Å²) in [5.74, 6) is 0.0817. The van der Waals surface area contributed by atoms with Crippen molar-refractivity contribution in [2.45, 2.75) is 31.5 Å². The summed E-state index contributed by atoms with van der Waals surface area (Å²) in [6.45, 7) is 0.798. The second-order valence-corrected chi connectivity index (χ2v) is 4.80. The van der Waals surface area contributed by atoms with Crippen molar-refractivity contribution in [2.75, 3.05) is 20.8 Å². The van der Waals surface area contributed by atoms with Gasteiger partial charge < -0.3 is 14.8 Å². The second-order valence-electron chi connectivity index (χ2n) is 4.80. The van der Waals surface area contributed by atoms with E-state index in [4.69, 9.17) is 9.47 Å². The van der Waals surface area contributed by atoms with Gasteiger partial charge in [-0.25, -0.2) is 0 Å². The van der Waals surface area contributed by atoms with Crippen LogP contribution < -0.4 is 14.8 Å². The third-order valence-corrected chi connectivity index (χ3v) is 3.52. The van der Waals surface area contributed by atoms with E-state index in [1.807, 2.05) is 0 Å². The lowest BCUT2D eigenvalue weighted by molar-refractivity contribution is -0.138. The molecule has 0 aliphatic carbocycles. The molecule has 0 aromatic heterocycles. The molecule has 1 aliphatic rings. The molecule has 0 amide bonds. The van der Waals surface area contributed by atoms with Crippen molar-refractivity contribution in [2.24, 2.45) is 0 Å².